The van der Waals surface area contributed by atoms with Gasteiger partial charge in [-0.3, -0.25) is 19.7 Å². The van der Waals surface area contributed by atoms with E-state index in [1.807, 2.05) is 20.9 Å². The maximum absolute atomic E-state index is 12.2. The Bertz CT molecular complexity index is 497. The highest BCUT2D eigenvalue weighted by Crippen LogP contribution is 2.19. The van der Waals surface area contributed by atoms with Gasteiger partial charge in [0.25, 0.3) is 0 Å². The maximum Gasteiger partial charge on any atom is 0.238 e. The Morgan fingerprint density at radius 1 is 1.55 bits per heavy atom. The number of nitrogens with one attached hydrogen (secondary N) is 2. The second kappa shape index (κ2) is 7.21. The predicted octanol–water partition coefficient (Wildman–Crippen LogP) is 0.616. The highest BCUT2D eigenvalue weighted by molar-refractivity contribution is 5.93. The molecule has 2 rings (SSSR count). The molecule has 0 aliphatic carbocycles. The molecule has 2 heterocycles. The van der Waals surface area contributed by atoms with Crippen LogP contribution in [0.2, 0.25) is 0 Å². The minimum Gasteiger partial charge on any atom is -0.380 e. The van der Waals surface area contributed by atoms with Crippen molar-refractivity contribution < 1.29 is 9.53 Å². The minimum absolute atomic E-state index is 0.0148. The molecule has 1 aromatic rings. The van der Waals surface area contributed by atoms with Crippen molar-refractivity contribution in [3.05, 3.63) is 11.4 Å². The second-order valence-electron chi connectivity index (χ2n) is 6.24. The Morgan fingerprint density at radius 2 is 2.27 bits per heavy atom. The van der Waals surface area contributed by atoms with Crippen molar-refractivity contribution in [3.63, 3.8) is 0 Å². The molecule has 2 N–H and O–H groups in total. The highest BCUT2D eigenvalue weighted by Gasteiger charge is 2.30. The molecule has 7 nitrogen and oxygen atoms in total. The van der Waals surface area contributed by atoms with Crippen LogP contribution in [-0.2, 0) is 9.53 Å². The fourth-order valence-electron chi connectivity index (χ4n) is 3.00. The van der Waals surface area contributed by atoms with Crippen molar-refractivity contribution >= 4 is 11.6 Å². The monoisotopic (exact) mass is 309 g/mol. The van der Waals surface area contributed by atoms with E-state index in [1.54, 1.807) is 7.11 Å². The van der Waals surface area contributed by atoms with Gasteiger partial charge in [-0.1, -0.05) is 0 Å². The second-order valence-corrected chi connectivity index (χ2v) is 6.24. The number of amides is 1. The minimum atomic E-state index is -0.0148. The van der Waals surface area contributed by atoms with Gasteiger partial charge in [-0.2, -0.15) is 5.10 Å². The number of hydrogen-bond donors (Lipinski definition) is 2. The summed E-state index contributed by atoms with van der Waals surface area (Å²) in [5.74, 6) is -0.0148. The Kier molecular flexibility index (Phi) is 5.55. The van der Waals surface area contributed by atoms with Crippen molar-refractivity contribution in [1.82, 2.24) is 20.0 Å². The van der Waals surface area contributed by atoms with Crippen LogP contribution in [-0.4, -0.2) is 78.9 Å². The molecule has 1 aromatic heterocycles. The summed E-state index contributed by atoms with van der Waals surface area (Å²) in [6, 6.07) is 0.431. The lowest BCUT2D eigenvalue weighted by molar-refractivity contribution is -0.117. The van der Waals surface area contributed by atoms with Crippen LogP contribution in [0.3, 0.4) is 0 Å². The molecule has 2 atom stereocenters. The van der Waals surface area contributed by atoms with E-state index < -0.39 is 0 Å². The highest BCUT2D eigenvalue weighted by atomic mass is 16.5. The molecule has 0 saturated carbocycles. The predicted molar refractivity (Wildman–Crippen MR) is 86.0 cm³/mol. The van der Waals surface area contributed by atoms with Crippen LogP contribution in [0.4, 0.5) is 5.69 Å². The number of aromatic nitrogens is 2. The zero-order chi connectivity index (χ0) is 16.3. The summed E-state index contributed by atoms with van der Waals surface area (Å²) in [6.07, 6.45) is 1.31. The lowest BCUT2D eigenvalue weighted by atomic mass is 10.2. The molecular weight excluding hydrogens is 282 g/mol. The van der Waals surface area contributed by atoms with Gasteiger partial charge in [0.15, 0.2) is 0 Å². The summed E-state index contributed by atoms with van der Waals surface area (Å²) >= 11 is 0. The molecular formula is C15H27N5O2. The van der Waals surface area contributed by atoms with E-state index >= 15 is 0 Å². The molecule has 0 spiro atoms. The first kappa shape index (κ1) is 16.9. The van der Waals surface area contributed by atoms with Gasteiger partial charge in [0.1, 0.15) is 0 Å². The molecule has 1 fully saturated rings. The van der Waals surface area contributed by atoms with Gasteiger partial charge in [0.05, 0.1) is 29.7 Å². The summed E-state index contributed by atoms with van der Waals surface area (Å²) < 4.78 is 5.42. The first-order chi connectivity index (χ1) is 10.4. The van der Waals surface area contributed by atoms with Gasteiger partial charge in [0, 0.05) is 26.2 Å². The number of carbonyl (C=O) groups excluding carboxylic acids is 1. The van der Waals surface area contributed by atoms with Crippen molar-refractivity contribution in [2.24, 2.45) is 0 Å². The average molecular weight is 309 g/mol. The van der Waals surface area contributed by atoms with E-state index in [2.05, 4.69) is 32.4 Å². The Labute approximate surface area is 132 Å². The van der Waals surface area contributed by atoms with Crippen LogP contribution < -0.4 is 5.32 Å². The molecule has 0 unspecified atom stereocenters. The van der Waals surface area contributed by atoms with Crippen LogP contribution in [0.1, 0.15) is 17.8 Å². The number of ether oxygens (including phenoxy) is 1. The standard InChI is InChI=1S/C15H27N5O2/c1-10-15(11(2)18-17-10)16-14(21)9-19(3)7-12-6-13(22-5)8-20(12)4/h12-13H,6-9H2,1-5H3,(H,16,21)(H,17,18)/t12-,13-/m0/s1. The fraction of sp³-hybridized carbons (Fsp3) is 0.733. The number of H-pyrrole nitrogens is 1. The number of hydrogen-bond acceptors (Lipinski definition) is 5. The first-order valence-electron chi connectivity index (χ1n) is 7.63. The summed E-state index contributed by atoms with van der Waals surface area (Å²) in [5, 5.41) is 9.89. The molecule has 0 radical (unpaired) electrons. The summed E-state index contributed by atoms with van der Waals surface area (Å²) in [5.41, 5.74) is 2.48. The van der Waals surface area contributed by atoms with Gasteiger partial charge in [-0.05, 0) is 34.4 Å². The molecule has 1 amide bonds. The van der Waals surface area contributed by atoms with Crippen LogP contribution in [0.5, 0.6) is 0 Å². The van der Waals surface area contributed by atoms with E-state index in [-0.39, 0.29) is 5.91 Å². The lowest BCUT2D eigenvalue weighted by Crippen LogP contribution is -2.40. The summed E-state index contributed by atoms with van der Waals surface area (Å²) in [7, 11) is 5.84. The van der Waals surface area contributed by atoms with E-state index in [1.165, 1.54) is 0 Å². The molecule has 0 bridgehead atoms. The lowest BCUT2D eigenvalue weighted by Gasteiger charge is -2.25. The van der Waals surface area contributed by atoms with E-state index in [4.69, 9.17) is 4.74 Å². The number of likely N-dealkylation sites (N-methyl/N-ethyl adjacent to an activating group) is 2. The maximum atomic E-state index is 12.2. The molecule has 7 heteroatoms. The van der Waals surface area contributed by atoms with E-state index in [0.29, 0.717) is 18.7 Å². The number of anilines is 1. The van der Waals surface area contributed by atoms with E-state index in [0.717, 1.165) is 36.6 Å². The number of carbonyl (C=O) groups is 1. The Hall–Kier alpha value is -1.44. The van der Waals surface area contributed by atoms with Gasteiger partial charge < -0.3 is 10.1 Å². The Morgan fingerprint density at radius 3 is 2.82 bits per heavy atom. The normalized spacial score (nSPS) is 22.5. The van der Waals surface area contributed by atoms with Crippen molar-refractivity contribution in [3.8, 4) is 0 Å². The van der Waals surface area contributed by atoms with Crippen LogP contribution in [0, 0.1) is 13.8 Å². The molecule has 1 aliphatic heterocycles. The van der Waals surface area contributed by atoms with Crippen molar-refractivity contribution in [1.29, 1.82) is 0 Å². The topological polar surface area (TPSA) is 73.5 Å². The number of aryl methyl sites for hydroxylation is 2. The van der Waals surface area contributed by atoms with Crippen LogP contribution in [0.15, 0.2) is 0 Å². The fourth-order valence-corrected chi connectivity index (χ4v) is 3.00. The largest absolute Gasteiger partial charge is 0.380 e. The summed E-state index contributed by atoms with van der Waals surface area (Å²) in [4.78, 5) is 16.5. The van der Waals surface area contributed by atoms with Gasteiger partial charge in [-0.15, -0.1) is 0 Å². The van der Waals surface area contributed by atoms with Gasteiger partial charge >= 0.3 is 0 Å². The molecule has 0 aromatic carbocycles. The van der Waals surface area contributed by atoms with Gasteiger partial charge in [0.2, 0.25) is 5.91 Å². The third kappa shape index (κ3) is 4.06. The smallest absolute Gasteiger partial charge is 0.238 e. The zero-order valence-corrected chi connectivity index (χ0v) is 14.1. The Balaban J connectivity index is 1.82. The van der Waals surface area contributed by atoms with Crippen LogP contribution in [0.25, 0.3) is 0 Å². The molecule has 1 aliphatic rings. The first-order valence-corrected chi connectivity index (χ1v) is 7.63. The summed E-state index contributed by atoms with van der Waals surface area (Å²) in [6.45, 7) is 5.95. The van der Waals surface area contributed by atoms with Crippen molar-refractivity contribution in [2.75, 3.05) is 46.2 Å². The van der Waals surface area contributed by atoms with Crippen LogP contribution >= 0.6 is 0 Å². The van der Waals surface area contributed by atoms with Crippen molar-refractivity contribution in [2.45, 2.75) is 32.4 Å². The molecule has 124 valence electrons. The SMILES string of the molecule is CO[C@H]1C[C@@H](CN(C)CC(=O)Nc2c(C)n[nH]c2C)N(C)C1. The molecule has 1 saturated heterocycles. The number of methoxy groups -OCH3 is 1. The average Bonchev–Trinajstić information content (AvgIpc) is 2.96. The van der Waals surface area contributed by atoms with E-state index in [9.17, 15) is 4.79 Å². The number of rotatable bonds is 6. The third-order valence-corrected chi connectivity index (χ3v) is 4.31. The molecule has 22 heavy (non-hydrogen) atoms. The number of aromatic amines is 1. The number of nitrogens with zero attached hydrogens (tertiary/aromatic N) is 3. The quantitative estimate of drug-likeness (QED) is 0.806. The zero-order valence-electron chi connectivity index (χ0n) is 14.1. The van der Waals surface area contributed by atoms with Gasteiger partial charge in [-0.25, -0.2) is 0 Å². The third-order valence-electron chi connectivity index (χ3n) is 4.31. The number of likely N-dealkylation sites (tertiary alicyclic amines) is 1.